The molecule has 2 atom stereocenters. The van der Waals surface area contributed by atoms with E-state index in [1.165, 1.54) is 6.08 Å². The Kier molecular flexibility index (Phi) is 9.11. The van der Waals surface area contributed by atoms with Crippen LogP contribution in [0.25, 0.3) is 0 Å². The Morgan fingerprint density at radius 1 is 1.18 bits per heavy atom. The first kappa shape index (κ1) is 24.1. The van der Waals surface area contributed by atoms with Crippen LogP contribution in [0.4, 0.5) is 0 Å². The number of hydrogen-bond donors (Lipinski definition) is 1. The van der Waals surface area contributed by atoms with E-state index in [2.05, 4.69) is 0 Å². The summed E-state index contributed by atoms with van der Waals surface area (Å²) in [4.78, 5) is 24.5. The molecule has 0 bridgehead atoms. The lowest BCUT2D eigenvalue weighted by molar-refractivity contribution is -0.164. The number of carboxylic acid groups (broad SMARTS) is 1. The van der Waals surface area contributed by atoms with Crippen molar-refractivity contribution in [3.8, 4) is 0 Å². The van der Waals surface area contributed by atoms with E-state index in [0.717, 1.165) is 5.56 Å². The molecule has 0 saturated heterocycles. The SMILES string of the molecule is CCOC(=O)C=C[C@H](C(C)(C)C)[C@](CCc1ccccc1)(O[SiH](C)C)C(=O)O. The second kappa shape index (κ2) is 10.6. The van der Waals surface area contributed by atoms with E-state index in [-0.39, 0.29) is 6.61 Å². The van der Waals surface area contributed by atoms with Crippen molar-refractivity contribution in [3.05, 3.63) is 48.0 Å². The van der Waals surface area contributed by atoms with Crippen LogP contribution in [-0.4, -0.2) is 38.3 Å². The van der Waals surface area contributed by atoms with E-state index in [1.807, 2.05) is 64.2 Å². The van der Waals surface area contributed by atoms with Gasteiger partial charge in [-0.15, -0.1) is 0 Å². The molecule has 0 fully saturated rings. The van der Waals surface area contributed by atoms with Crippen LogP contribution in [0, 0.1) is 11.3 Å². The largest absolute Gasteiger partial charge is 0.479 e. The minimum Gasteiger partial charge on any atom is -0.479 e. The summed E-state index contributed by atoms with van der Waals surface area (Å²) in [5.41, 5.74) is -0.775. The lowest BCUT2D eigenvalue weighted by atomic mass is 9.68. The Balaban J connectivity index is 3.36. The summed E-state index contributed by atoms with van der Waals surface area (Å²) >= 11 is 0. The fourth-order valence-electron chi connectivity index (χ4n) is 3.48. The molecular formula is C22H34O5Si. The van der Waals surface area contributed by atoms with Crippen LogP contribution in [0.15, 0.2) is 42.5 Å². The van der Waals surface area contributed by atoms with E-state index in [1.54, 1.807) is 13.0 Å². The smallest absolute Gasteiger partial charge is 0.335 e. The number of ether oxygens (including phenoxy) is 1. The number of hydrogen-bond acceptors (Lipinski definition) is 4. The average Bonchev–Trinajstić information content (AvgIpc) is 2.59. The molecule has 156 valence electrons. The third-order valence-electron chi connectivity index (χ3n) is 4.58. The fourth-order valence-corrected chi connectivity index (χ4v) is 4.69. The van der Waals surface area contributed by atoms with Gasteiger partial charge in [-0.3, -0.25) is 0 Å². The molecule has 1 N–H and O–H groups in total. The van der Waals surface area contributed by atoms with Crippen LogP contribution in [-0.2, 0) is 25.2 Å². The first-order valence-corrected chi connectivity index (χ1v) is 12.6. The van der Waals surface area contributed by atoms with Crippen molar-refractivity contribution >= 4 is 21.0 Å². The van der Waals surface area contributed by atoms with Gasteiger partial charge in [-0.2, -0.15) is 0 Å². The number of carboxylic acids is 1. The van der Waals surface area contributed by atoms with Gasteiger partial charge in [0.25, 0.3) is 0 Å². The molecule has 0 unspecified atom stereocenters. The lowest BCUT2D eigenvalue weighted by Gasteiger charge is -2.44. The van der Waals surface area contributed by atoms with Gasteiger partial charge >= 0.3 is 11.9 Å². The highest BCUT2D eigenvalue weighted by Gasteiger charge is 2.50. The average molecular weight is 407 g/mol. The second-order valence-corrected chi connectivity index (χ2v) is 10.6. The lowest BCUT2D eigenvalue weighted by Crippen LogP contribution is -2.54. The molecule has 0 amide bonds. The van der Waals surface area contributed by atoms with Gasteiger partial charge in [0.1, 0.15) is 0 Å². The van der Waals surface area contributed by atoms with Gasteiger partial charge in [0.05, 0.1) is 6.61 Å². The molecule has 0 aliphatic rings. The highest BCUT2D eigenvalue weighted by Crippen LogP contribution is 2.42. The van der Waals surface area contributed by atoms with Crippen molar-refractivity contribution in [2.45, 2.75) is 59.2 Å². The van der Waals surface area contributed by atoms with Crippen molar-refractivity contribution in [2.75, 3.05) is 6.61 Å². The zero-order chi connectivity index (χ0) is 21.4. The van der Waals surface area contributed by atoms with Gasteiger partial charge in [-0.05, 0) is 43.8 Å². The Morgan fingerprint density at radius 2 is 1.79 bits per heavy atom. The molecule has 0 saturated carbocycles. The van der Waals surface area contributed by atoms with Gasteiger partial charge in [-0.1, -0.05) is 57.2 Å². The number of esters is 1. The number of aliphatic carboxylic acids is 1. The van der Waals surface area contributed by atoms with Crippen molar-refractivity contribution in [2.24, 2.45) is 11.3 Å². The van der Waals surface area contributed by atoms with Crippen LogP contribution in [0.5, 0.6) is 0 Å². The normalized spacial score (nSPS) is 15.4. The van der Waals surface area contributed by atoms with Crippen molar-refractivity contribution in [3.63, 3.8) is 0 Å². The molecule has 0 radical (unpaired) electrons. The highest BCUT2D eigenvalue weighted by atomic mass is 28.3. The topological polar surface area (TPSA) is 72.8 Å². The Hall–Kier alpha value is -1.92. The van der Waals surface area contributed by atoms with Crippen molar-refractivity contribution in [1.29, 1.82) is 0 Å². The van der Waals surface area contributed by atoms with E-state index in [4.69, 9.17) is 9.16 Å². The molecule has 1 aromatic carbocycles. The van der Waals surface area contributed by atoms with Gasteiger partial charge in [0, 0.05) is 12.0 Å². The number of carbonyl (C=O) groups excluding carboxylic acids is 1. The number of carbonyl (C=O) groups is 2. The zero-order valence-corrected chi connectivity index (χ0v) is 19.1. The van der Waals surface area contributed by atoms with Gasteiger partial charge in [0.2, 0.25) is 0 Å². The zero-order valence-electron chi connectivity index (χ0n) is 17.9. The number of rotatable bonds is 10. The molecule has 0 aromatic heterocycles. The third-order valence-corrected chi connectivity index (χ3v) is 5.47. The van der Waals surface area contributed by atoms with Gasteiger partial charge < -0.3 is 14.3 Å². The molecule has 6 heteroatoms. The molecule has 0 aliphatic carbocycles. The highest BCUT2D eigenvalue weighted by molar-refractivity contribution is 6.48. The van der Waals surface area contributed by atoms with Crippen LogP contribution < -0.4 is 0 Å². The minimum absolute atomic E-state index is 0.275. The summed E-state index contributed by atoms with van der Waals surface area (Å²) in [5, 5.41) is 10.3. The Labute approximate surface area is 170 Å². The minimum atomic E-state index is -1.70. The molecular weight excluding hydrogens is 372 g/mol. The monoisotopic (exact) mass is 406 g/mol. The Bertz CT molecular complexity index is 663. The molecule has 1 rings (SSSR count). The summed E-state index contributed by atoms with van der Waals surface area (Å²) < 4.78 is 11.2. The molecule has 28 heavy (non-hydrogen) atoms. The summed E-state index contributed by atoms with van der Waals surface area (Å²) in [6, 6.07) is 9.79. The van der Waals surface area contributed by atoms with Crippen molar-refractivity contribution in [1.82, 2.24) is 0 Å². The fraction of sp³-hybridized carbons (Fsp3) is 0.545. The molecule has 0 spiro atoms. The van der Waals surface area contributed by atoms with Gasteiger partial charge in [0.15, 0.2) is 14.6 Å². The summed E-state index contributed by atoms with van der Waals surface area (Å²) in [6.07, 6.45) is 3.90. The second-order valence-electron chi connectivity index (χ2n) is 8.30. The predicted octanol–water partition coefficient (Wildman–Crippen LogP) is 4.22. The first-order valence-electron chi connectivity index (χ1n) is 9.83. The molecule has 0 heterocycles. The Morgan fingerprint density at radius 3 is 2.25 bits per heavy atom. The number of aryl methyl sites for hydroxylation is 1. The van der Waals surface area contributed by atoms with E-state index in [0.29, 0.717) is 12.8 Å². The van der Waals surface area contributed by atoms with Crippen LogP contribution in [0.2, 0.25) is 13.1 Å². The maximum Gasteiger partial charge on any atom is 0.335 e. The first-order chi connectivity index (χ1) is 13.0. The van der Waals surface area contributed by atoms with E-state index >= 15 is 0 Å². The third kappa shape index (κ3) is 6.91. The maximum absolute atomic E-state index is 12.6. The van der Waals surface area contributed by atoms with Crippen LogP contribution in [0.1, 0.15) is 39.7 Å². The van der Waals surface area contributed by atoms with Crippen LogP contribution in [0.3, 0.4) is 0 Å². The quantitative estimate of drug-likeness (QED) is 0.358. The molecule has 1 aromatic rings. The predicted molar refractivity (Wildman–Crippen MR) is 114 cm³/mol. The van der Waals surface area contributed by atoms with E-state index in [9.17, 15) is 14.7 Å². The maximum atomic E-state index is 12.6. The standard InChI is InChI=1S/C22H34O5Si/c1-7-26-19(23)14-13-18(21(2,3)4)22(20(24)25,27-28(5)6)16-15-17-11-9-8-10-12-17/h8-14,18,28H,7,15-16H2,1-6H3,(H,24,25)/t18-,22+/m1/s1. The molecule has 5 nitrogen and oxygen atoms in total. The van der Waals surface area contributed by atoms with Crippen molar-refractivity contribution < 1.29 is 23.9 Å². The van der Waals surface area contributed by atoms with E-state index < -0.39 is 37.9 Å². The summed E-state index contributed by atoms with van der Waals surface area (Å²) in [6.45, 7) is 11.9. The summed E-state index contributed by atoms with van der Waals surface area (Å²) in [7, 11) is -1.70. The summed E-state index contributed by atoms with van der Waals surface area (Å²) in [5.74, 6) is -1.96. The molecule has 0 aliphatic heterocycles. The van der Waals surface area contributed by atoms with Gasteiger partial charge in [-0.25, -0.2) is 9.59 Å². The van der Waals surface area contributed by atoms with Crippen LogP contribution >= 0.6 is 0 Å². The number of benzene rings is 1.